The summed E-state index contributed by atoms with van der Waals surface area (Å²) in [4.78, 5) is 0. The summed E-state index contributed by atoms with van der Waals surface area (Å²) < 4.78 is 15.2. The van der Waals surface area contributed by atoms with E-state index in [1.165, 1.54) is 23.3 Å². The Bertz CT molecular complexity index is 778. The van der Waals surface area contributed by atoms with E-state index in [0.717, 1.165) is 48.6 Å². The van der Waals surface area contributed by atoms with E-state index in [4.69, 9.17) is 5.10 Å². The van der Waals surface area contributed by atoms with Gasteiger partial charge in [-0.15, -0.1) is 0 Å². The topological polar surface area (TPSA) is 29.9 Å². The lowest BCUT2D eigenvalue weighted by Crippen LogP contribution is -2.07. The number of hydrogen-bond donors (Lipinski definition) is 1. The number of nitrogens with one attached hydrogen (secondary N) is 1. The lowest BCUT2D eigenvalue weighted by atomic mass is 10.0. The highest BCUT2D eigenvalue weighted by molar-refractivity contribution is 5.71. The Kier molecular flexibility index (Phi) is 3.81. The van der Waals surface area contributed by atoms with E-state index in [0.29, 0.717) is 0 Å². The van der Waals surface area contributed by atoms with Crippen LogP contribution in [0.5, 0.6) is 0 Å². The van der Waals surface area contributed by atoms with Gasteiger partial charge in [-0.25, -0.2) is 9.07 Å². The zero-order chi connectivity index (χ0) is 16.5. The highest BCUT2D eigenvalue weighted by atomic mass is 19.1. The molecule has 0 bridgehead atoms. The predicted octanol–water partition coefficient (Wildman–Crippen LogP) is 4.74. The van der Waals surface area contributed by atoms with Crippen LogP contribution in [0.3, 0.4) is 0 Å². The Hall–Kier alpha value is -2.62. The van der Waals surface area contributed by atoms with Crippen LogP contribution >= 0.6 is 0 Å². The summed E-state index contributed by atoms with van der Waals surface area (Å²) in [7, 11) is 0. The summed E-state index contributed by atoms with van der Waals surface area (Å²) in [6.07, 6.45) is 3.30. The van der Waals surface area contributed by atoms with Crippen LogP contribution in [0.2, 0.25) is 0 Å². The van der Waals surface area contributed by atoms with E-state index >= 15 is 0 Å². The third kappa shape index (κ3) is 2.68. The Labute approximate surface area is 141 Å². The zero-order valence-electron chi connectivity index (χ0n) is 13.7. The summed E-state index contributed by atoms with van der Waals surface area (Å²) in [5.74, 6) is 0.804. The molecule has 0 aliphatic carbocycles. The van der Waals surface area contributed by atoms with E-state index in [1.807, 2.05) is 4.68 Å². The molecule has 0 saturated heterocycles. The van der Waals surface area contributed by atoms with Crippen LogP contribution in [0.25, 0.3) is 16.9 Å². The second kappa shape index (κ2) is 6.11. The quantitative estimate of drug-likeness (QED) is 0.739. The number of aryl methyl sites for hydroxylation is 1. The molecule has 2 heterocycles. The molecule has 122 valence electrons. The third-order valence-electron chi connectivity index (χ3n) is 4.53. The molecule has 4 heteroatoms. The van der Waals surface area contributed by atoms with Crippen LogP contribution < -0.4 is 5.32 Å². The molecule has 3 nitrogen and oxygen atoms in total. The molecule has 0 unspecified atom stereocenters. The van der Waals surface area contributed by atoms with E-state index < -0.39 is 0 Å². The first-order valence-electron chi connectivity index (χ1n) is 8.41. The van der Waals surface area contributed by atoms with Gasteiger partial charge < -0.3 is 5.32 Å². The van der Waals surface area contributed by atoms with E-state index in [-0.39, 0.29) is 5.82 Å². The van der Waals surface area contributed by atoms with Gasteiger partial charge in [0.05, 0.1) is 11.4 Å². The minimum atomic E-state index is -0.233. The first-order chi connectivity index (χ1) is 11.7. The van der Waals surface area contributed by atoms with Crippen molar-refractivity contribution in [2.75, 3.05) is 11.9 Å². The minimum Gasteiger partial charge on any atom is -0.370 e. The summed E-state index contributed by atoms with van der Waals surface area (Å²) in [5.41, 5.74) is 5.51. The van der Waals surface area contributed by atoms with Gasteiger partial charge in [-0.1, -0.05) is 29.8 Å². The Morgan fingerprint density at radius 1 is 1.00 bits per heavy atom. The van der Waals surface area contributed by atoms with Crippen molar-refractivity contribution in [3.05, 3.63) is 65.5 Å². The maximum absolute atomic E-state index is 13.3. The summed E-state index contributed by atoms with van der Waals surface area (Å²) in [5, 5.41) is 8.38. The van der Waals surface area contributed by atoms with E-state index in [1.54, 1.807) is 12.1 Å². The maximum Gasteiger partial charge on any atom is 0.133 e. The Balaban J connectivity index is 1.88. The molecule has 1 aromatic heterocycles. The minimum absolute atomic E-state index is 0.233. The summed E-state index contributed by atoms with van der Waals surface area (Å²) >= 11 is 0. The summed E-state index contributed by atoms with van der Waals surface area (Å²) in [6.45, 7) is 3.02. The molecule has 1 aliphatic rings. The predicted molar refractivity (Wildman–Crippen MR) is 95.1 cm³/mol. The first kappa shape index (κ1) is 14.9. The van der Waals surface area contributed by atoms with Gasteiger partial charge in [0.1, 0.15) is 11.6 Å². The highest BCUT2D eigenvalue weighted by Crippen LogP contribution is 2.34. The second-order valence-corrected chi connectivity index (χ2v) is 6.31. The molecule has 24 heavy (non-hydrogen) atoms. The molecule has 0 radical (unpaired) electrons. The standard InChI is InChI=1S/C20H20FN3/c1-14-5-7-15(8-6-14)19-18-4-2-3-13-22-20(18)24(23-19)17-11-9-16(21)10-12-17/h5-12,22H,2-4,13H2,1H3. The second-order valence-electron chi connectivity index (χ2n) is 6.31. The number of anilines is 1. The molecule has 0 saturated carbocycles. The van der Waals surface area contributed by atoms with Crippen molar-refractivity contribution in [2.24, 2.45) is 0 Å². The molecule has 1 N–H and O–H groups in total. The monoisotopic (exact) mass is 321 g/mol. The smallest absolute Gasteiger partial charge is 0.133 e. The van der Waals surface area contributed by atoms with Crippen LogP contribution in [0.1, 0.15) is 24.0 Å². The fourth-order valence-electron chi connectivity index (χ4n) is 3.21. The van der Waals surface area contributed by atoms with Crippen molar-refractivity contribution in [1.82, 2.24) is 9.78 Å². The first-order valence-corrected chi connectivity index (χ1v) is 8.41. The number of aromatic nitrogens is 2. The molecular weight excluding hydrogens is 301 g/mol. The van der Waals surface area contributed by atoms with E-state index in [9.17, 15) is 4.39 Å². The normalized spacial score (nSPS) is 13.9. The number of benzene rings is 2. The van der Waals surface area contributed by atoms with Crippen LogP contribution in [0.4, 0.5) is 10.2 Å². The molecule has 0 amide bonds. The van der Waals surface area contributed by atoms with E-state index in [2.05, 4.69) is 36.5 Å². The number of rotatable bonds is 2. The zero-order valence-corrected chi connectivity index (χ0v) is 13.7. The third-order valence-corrected chi connectivity index (χ3v) is 4.53. The van der Waals surface area contributed by atoms with Gasteiger partial charge in [0, 0.05) is 17.7 Å². The van der Waals surface area contributed by atoms with Crippen LogP contribution in [0, 0.1) is 12.7 Å². The average Bonchev–Trinajstić information content (AvgIpc) is 2.78. The van der Waals surface area contributed by atoms with Gasteiger partial charge in [-0.2, -0.15) is 5.10 Å². The number of halogens is 1. The number of hydrogen-bond acceptors (Lipinski definition) is 2. The Morgan fingerprint density at radius 2 is 1.75 bits per heavy atom. The van der Waals surface area contributed by atoms with Gasteiger partial charge in [-0.3, -0.25) is 0 Å². The summed E-state index contributed by atoms with van der Waals surface area (Å²) in [6, 6.07) is 15.0. The van der Waals surface area contributed by atoms with Gasteiger partial charge in [0.15, 0.2) is 0 Å². The molecule has 3 aromatic rings. The lowest BCUT2D eigenvalue weighted by Gasteiger charge is -2.09. The molecule has 2 aromatic carbocycles. The molecule has 0 spiro atoms. The highest BCUT2D eigenvalue weighted by Gasteiger charge is 2.21. The van der Waals surface area contributed by atoms with Gasteiger partial charge in [0.2, 0.25) is 0 Å². The fourth-order valence-corrected chi connectivity index (χ4v) is 3.21. The van der Waals surface area contributed by atoms with Gasteiger partial charge >= 0.3 is 0 Å². The average molecular weight is 321 g/mol. The maximum atomic E-state index is 13.3. The molecular formula is C20H20FN3. The number of fused-ring (bicyclic) bond motifs is 1. The largest absolute Gasteiger partial charge is 0.370 e. The van der Waals surface area contributed by atoms with Crippen LogP contribution in [-0.4, -0.2) is 16.3 Å². The van der Waals surface area contributed by atoms with Gasteiger partial charge in [-0.05, 0) is 50.5 Å². The molecule has 4 rings (SSSR count). The molecule has 1 aliphatic heterocycles. The van der Waals surface area contributed by atoms with Crippen molar-refractivity contribution in [3.8, 4) is 16.9 Å². The van der Waals surface area contributed by atoms with Crippen molar-refractivity contribution in [3.63, 3.8) is 0 Å². The molecule has 0 fully saturated rings. The number of nitrogens with zero attached hydrogens (tertiary/aromatic N) is 2. The van der Waals surface area contributed by atoms with Crippen molar-refractivity contribution < 1.29 is 4.39 Å². The lowest BCUT2D eigenvalue weighted by molar-refractivity contribution is 0.627. The van der Waals surface area contributed by atoms with Crippen LogP contribution in [0.15, 0.2) is 48.5 Å². The van der Waals surface area contributed by atoms with Gasteiger partial charge in [0.25, 0.3) is 0 Å². The SMILES string of the molecule is Cc1ccc(-c2nn(-c3ccc(F)cc3)c3c2CCCCN3)cc1. The van der Waals surface area contributed by atoms with Crippen molar-refractivity contribution >= 4 is 5.82 Å². The molecule has 0 atom stereocenters. The van der Waals surface area contributed by atoms with Crippen molar-refractivity contribution in [1.29, 1.82) is 0 Å². The fraction of sp³-hybridized carbons (Fsp3) is 0.250. The van der Waals surface area contributed by atoms with Crippen LogP contribution in [-0.2, 0) is 6.42 Å². The van der Waals surface area contributed by atoms with Crippen molar-refractivity contribution in [2.45, 2.75) is 26.2 Å². The Morgan fingerprint density at radius 3 is 2.50 bits per heavy atom.